The number of nitrogens with zero attached hydrogens (tertiary/aromatic N) is 4. The summed E-state index contributed by atoms with van der Waals surface area (Å²) in [6.45, 7) is 7.50. The van der Waals surface area contributed by atoms with Crippen molar-refractivity contribution in [2.45, 2.75) is 58.4 Å². The summed E-state index contributed by atoms with van der Waals surface area (Å²) in [6.07, 6.45) is -2.72. The topological polar surface area (TPSA) is 87.5 Å². The lowest BCUT2D eigenvalue weighted by Crippen LogP contribution is -2.44. The molecule has 39 heavy (non-hydrogen) atoms. The van der Waals surface area contributed by atoms with Crippen molar-refractivity contribution in [2.24, 2.45) is 16.9 Å². The number of hydrogen-bond donors (Lipinski definition) is 1. The van der Waals surface area contributed by atoms with Gasteiger partial charge in [-0.15, -0.1) is 0 Å². The number of benzene rings is 1. The second kappa shape index (κ2) is 11.9. The van der Waals surface area contributed by atoms with Crippen LogP contribution in [0.4, 0.5) is 24.5 Å². The third kappa shape index (κ3) is 6.51. The van der Waals surface area contributed by atoms with Gasteiger partial charge in [-0.05, 0) is 37.6 Å². The number of carboxylic acid groups (broad SMARTS) is 1. The van der Waals surface area contributed by atoms with Crippen LogP contribution < -0.4 is 19.4 Å². The van der Waals surface area contributed by atoms with E-state index >= 15 is 0 Å². The van der Waals surface area contributed by atoms with Gasteiger partial charge in [-0.3, -0.25) is 9.80 Å². The quantitative estimate of drug-likeness (QED) is 0.395. The van der Waals surface area contributed by atoms with Crippen LogP contribution in [-0.4, -0.2) is 59.8 Å². The highest BCUT2D eigenvalue weighted by Gasteiger charge is 2.50. The van der Waals surface area contributed by atoms with Crippen molar-refractivity contribution in [1.82, 2.24) is 4.98 Å². The fourth-order valence-corrected chi connectivity index (χ4v) is 5.48. The van der Waals surface area contributed by atoms with Gasteiger partial charge in [0.25, 0.3) is 0 Å². The van der Waals surface area contributed by atoms with E-state index < -0.39 is 36.2 Å². The van der Waals surface area contributed by atoms with E-state index in [2.05, 4.69) is 21.9 Å². The Kier molecular flexibility index (Phi) is 8.78. The molecule has 0 spiro atoms. The average molecular weight is 569 g/mol. The fourth-order valence-electron chi connectivity index (χ4n) is 5.26. The van der Waals surface area contributed by atoms with Crippen LogP contribution in [0, 0.1) is 11.8 Å². The molecule has 4 rings (SSSR count). The molecule has 1 aromatic carbocycles. The third-order valence-electron chi connectivity index (χ3n) is 7.12. The fraction of sp³-hybridized carbons (Fsp3) is 0.519. The first-order chi connectivity index (χ1) is 18.5. The Hall–Kier alpha value is -3.21. The number of carbonyl (C=O) groups is 1. The van der Waals surface area contributed by atoms with Crippen molar-refractivity contribution >= 4 is 34.7 Å². The molecule has 0 aliphatic carbocycles. The van der Waals surface area contributed by atoms with Crippen LogP contribution >= 0.6 is 11.6 Å². The monoisotopic (exact) mass is 568 g/mol. The van der Waals surface area contributed by atoms with Crippen molar-refractivity contribution in [3.05, 3.63) is 41.6 Å². The van der Waals surface area contributed by atoms with E-state index in [0.717, 1.165) is 12.1 Å². The number of aliphatic carboxylic acids is 1. The summed E-state index contributed by atoms with van der Waals surface area (Å²) in [5.41, 5.74) is 0.293. The Morgan fingerprint density at radius 1 is 1.23 bits per heavy atom. The zero-order chi connectivity index (χ0) is 28.3. The van der Waals surface area contributed by atoms with Gasteiger partial charge in [0.05, 0.1) is 41.7 Å². The summed E-state index contributed by atoms with van der Waals surface area (Å²) >= 11 is 6.40. The molecule has 12 heteroatoms. The number of aromatic nitrogens is 1. The molecule has 8 nitrogen and oxygen atoms in total. The number of hydrogen-bond acceptors (Lipinski definition) is 7. The number of anilines is 2. The number of pyridine rings is 1. The Labute approximate surface area is 230 Å². The lowest BCUT2D eigenvalue weighted by atomic mass is 9.90. The van der Waals surface area contributed by atoms with Crippen molar-refractivity contribution in [1.29, 1.82) is 0 Å². The SMILES string of the molecule is CCOc1cc(N2CCC(Oc3ccc(N4N=C(C(F)(F)F)C(CC)C4CC(=O)O)cc3)C(C)C2)c(Cl)cn1. The molecule has 1 N–H and O–H groups in total. The Bertz CT molecular complexity index is 1190. The number of alkyl halides is 3. The van der Waals surface area contributed by atoms with Crippen molar-refractivity contribution in [2.75, 3.05) is 29.6 Å². The minimum absolute atomic E-state index is 0.0788. The van der Waals surface area contributed by atoms with Gasteiger partial charge in [0.1, 0.15) is 17.6 Å². The molecule has 2 aromatic rings. The van der Waals surface area contributed by atoms with E-state index in [-0.39, 0.29) is 18.4 Å². The maximum Gasteiger partial charge on any atom is 0.431 e. The van der Waals surface area contributed by atoms with Gasteiger partial charge < -0.3 is 19.5 Å². The number of rotatable bonds is 9. The van der Waals surface area contributed by atoms with Crippen LogP contribution in [0.5, 0.6) is 11.6 Å². The Balaban J connectivity index is 1.45. The van der Waals surface area contributed by atoms with E-state index in [1.165, 1.54) is 5.01 Å². The molecule has 1 fully saturated rings. The highest BCUT2D eigenvalue weighted by molar-refractivity contribution is 6.33. The molecule has 0 saturated carbocycles. The molecule has 212 valence electrons. The molecule has 1 aromatic heterocycles. The standard InChI is InChI=1S/C27H32ClF3N4O4/c1-4-19-21(13-25(36)37)35(33-26(19)27(29,30)31)17-6-8-18(9-7-17)39-23-10-11-34(15-16(23)3)22-12-24(38-5-2)32-14-20(22)28/h6-9,12,14,16,19,21,23H,4-5,10-11,13,15H2,1-3H3,(H,36,37). The second-order valence-corrected chi connectivity index (χ2v) is 10.2. The highest BCUT2D eigenvalue weighted by Crippen LogP contribution is 2.39. The van der Waals surface area contributed by atoms with Gasteiger partial charge >= 0.3 is 12.1 Å². The average Bonchev–Trinajstić information content (AvgIpc) is 3.25. The van der Waals surface area contributed by atoms with E-state index in [1.807, 2.05) is 13.0 Å². The molecule has 0 bridgehead atoms. The minimum Gasteiger partial charge on any atom is -0.490 e. The second-order valence-electron chi connectivity index (χ2n) is 9.78. The van der Waals surface area contributed by atoms with Gasteiger partial charge in [0.2, 0.25) is 5.88 Å². The molecule has 2 aliphatic rings. The van der Waals surface area contributed by atoms with Gasteiger partial charge in [-0.1, -0.05) is 25.4 Å². The van der Waals surface area contributed by atoms with Crippen LogP contribution in [0.2, 0.25) is 5.02 Å². The lowest BCUT2D eigenvalue weighted by Gasteiger charge is -2.38. The number of ether oxygens (including phenoxy) is 2. The molecule has 2 aliphatic heterocycles. The first-order valence-corrected chi connectivity index (χ1v) is 13.4. The van der Waals surface area contributed by atoms with Crippen molar-refractivity contribution in [3.63, 3.8) is 0 Å². The van der Waals surface area contributed by atoms with Crippen LogP contribution in [0.1, 0.15) is 40.0 Å². The first kappa shape index (κ1) is 28.8. The summed E-state index contributed by atoms with van der Waals surface area (Å²) < 4.78 is 52.6. The van der Waals surface area contributed by atoms with E-state index in [9.17, 15) is 23.1 Å². The molecule has 4 unspecified atom stereocenters. The molecular formula is C27H32ClF3N4O4. The molecule has 0 amide bonds. The number of carboxylic acids is 1. The van der Waals surface area contributed by atoms with Gasteiger partial charge in [-0.2, -0.15) is 18.3 Å². The summed E-state index contributed by atoms with van der Waals surface area (Å²) in [5, 5.41) is 14.9. The van der Waals surface area contributed by atoms with Crippen LogP contribution in [0.3, 0.4) is 0 Å². The highest BCUT2D eigenvalue weighted by atomic mass is 35.5. The minimum atomic E-state index is -4.63. The smallest absolute Gasteiger partial charge is 0.431 e. The van der Waals surface area contributed by atoms with Crippen LogP contribution in [0.25, 0.3) is 0 Å². The molecule has 1 saturated heterocycles. The normalized spacial score (nSPS) is 23.5. The van der Waals surface area contributed by atoms with E-state index in [1.54, 1.807) is 37.4 Å². The summed E-state index contributed by atoms with van der Waals surface area (Å²) in [5.74, 6) is -0.957. The molecular weight excluding hydrogens is 537 g/mol. The molecule has 0 radical (unpaired) electrons. The van der Waals surface area contributed by atoms with Crippen LogP contribution in [0.15, 0.2) is 41.6 Å². The Morgan fingerprint density at radius 3 is 2.54 bits per heavy atom. The van der Waals surface area contributed by atoms with Gasteiger partial charge in [0.15, 0.2) is 0 Å². The van der Waals surface area contributed by atoms with Crippen LogP contribution in [-0.2, 0) is 4.79 Å². The van der Waals surface area contributed by atoms with E-state index in [4.69, 9.17) is 21.1 Å². The zero-order valence-corrected chi connectivity index (χ0v) is 22.7. The maximum atomic E-state index is 13.6. The third-order valence-corrected chi connectivity index (χ3v) is 7.41. The molecule has 3 heterocycles. The number of halogens is 4. The summed E-state index contributed by atoms with van der Waals surface area (Å²) in [7, 11) is 0. The predicted octanol–water partition coefficient (Wildman–Crippen LogP) is 6.04. The maximum absolute atomic E-state index is 13.6. The van der Waals surface area contributed by atoms with Gasteiger partial charge in [0, 0.05) is 37.4 Å². The molecule has 4 atom stereocenters. The van der Waals surface area contributed by atoms with E-state index in [0.29, 0.717) is 42.0 Å². The zero-order valence-electron chi connectivity index (χ0n) is 22.0. The lowest BCUT2D eigenvalue weighted by molar-refractivity contribution is -0.137. The summed E-state index contributed by atoms with van der Waals surface area (Å²) in [6, 6.07) is 7.51. The van der Waals surface area contributed by atoms with Crippen molar-refractivity contribution in [3.8, 4) is 11.6 Å². The van der Waals surface area contributed by atoms with Crippen molar-refractivity contribution < 1.29 is 32.5 Å². The Morgan fingerprint density at radius 2 is 1.95 bits per heavy atom. The summed E-state index contributed by atoms with van der Waals surface area (Å²) in [4.78, 5) is 17.8. The van der Waals surface area contributed by atoms with Gasteiger partial charge in [-0.25, -0.2) is 4.98 Å². The number of piperidine rings is 1. The first-order valence-electron chi connectivity index (χ1n) is 13.0. The largest absolute Gasteiger partial charge is 0.490 e. The number of hydrazone groups is 1. The predicted molar refractivity (Wildman–Crippen MR) is 143 cm³/mol.